The number of nitrogens with zero attached hydrogens (tertiary/aromatic N) is 1. The molecular weight excluding hydrogens is 304 g/mol. The molecule has 1 aromatic carbocycles. The summed E-state index contributed by atoms with van der Waals surface area (Å²) in [5.41, 5.74) is 6.37. The van der Waals surface area contributed by atoms with Gasteiger partial charge >= 0.3 is 0 Å². The predicted octanol–water partition coefficient (Wildman–Crippen LogP) is 3.75. The maximum atomic E-state index is 5.92. The third-order valence-electron chi connectivity index (χ3n) is 2.15. The number of hydrogen-bond acceptors (Lipinski definition) is 3. The van der Waals surface area contributed by atoms with Crippen LogP contribution in [-0.2, 0) is 6.54 Å². The quantitative estimate of drug-likeness (QED) is 0.939. The predicted molar refractivity (Wildman–Crippen MR) is 71.4 cm³/mol. The van der Waals surface area contributed by atoms with Crippen molar-refractivity contribution in [2.75, 3.05) is 0 Å². The Kier molecular flexibility index (Phi) is 3.99. The van der Waals surface area contributed by atoms with Crippen molar-refractivity contribution in [3.8, 4) is 11.6 Å². The van der Waals surface area contributed by atoms with Crippen molar-refractivity contribution < 1.29 is 4.74 Å². The average Bonchev–Trinajstić information content (AvgIpc) is 2.32. The smallest absolute Gasteiger partial charge is 0.219 e. The SMILES string of the molecule is NCc1cc(Oc2cccc(Br)c2)ncc1Cl. The summed E-state index contributed by atoms with van der Waals surface area (Å²) in [5.74, 6) is 1.19. The number of hydrogen-bond donors (Lipinski definition) is 1. The van der Waals surface area contributed by atoms with Crippen LogP contribution in [0.3, 0.4) is 0 Å². The van der Waals surface area contributed by atoms with E-state index in [-0.39, 0.29) is 0 Å². The van der Waals surface area contributed by atoms with Gasteiger partial charge in [-0.1, -0.05) is 33.6 Å². The van der Waals surface area contributed by atoms with Crippen LogP contribution >= 0.6 is 27.5 Å². The van der Waals surface area contributed by atoms with Gasteiger partial charge in [0, 0.05) is 23.3 Å². The molecule has 0 atom stereocenters. The van der Waals surface area contributed by atoms with Gasteiger partial charge in [-0.05, 0) is 23.8 Å². The molecule has 0 fully saturated rings. The first kappa shape index (κ1) is 12.4. The normalized spacial score (nSPS) is 10.3. The molecule has 0 amide bonds. The molecule has 0 radical (unpaired) electrons. The number of halogens is 2. The van der Waals surface area contributed by atoms with Crippen molar-refractivity contribution in [3.05, 3.63) is 51.6 Å². The van der Waals surface area contributed by atoms with E-state index in [4.69, 9.17) is 22.1 Å². The fraction of sp³-hybridized carbons (Fsp3) is 0.0833. The van der Waals surface area contributed by atoms with Crippen LogP contribution in [0.1, 0.15) is 5.56 Å². The topological polar surface area (TPSA) is 48.1 Å². The molecule has 2 aromatic rings. The van der Waals surface area contributed by atoms with Gasteiger partial charge in [0.15, 0.2) is 0 Å². The molecule has 0 bridgehead atoms. The van der Waals surface area contributed by atoms with E-state index in [2.05, 4.69) is 20.9 Å². The summed E-state index contributed by atoms with van der Waals surface area (Å²) < 4.78 is 6.55. The van der Waals surface area contributed by atoms with E-state index in [1.807, 2.05) is 24.3 Å². The Labute approximate surface area is 113 Å². The minimum absolute atomic E-state index is 0.357. The third kappa shape index (κ3) is 3.19. The lowest BCUT2D eigenvalue weighted by molar-refractivity contribution is 0.462. The van der Waals surface area contributed by atoms with E-state index < -0.39 is 0 Å². The first-order valence-electron chi connectivity index (χ1n) is 4.97. The van der Waals surface area contributed by atoms with E-state index in [1.165, 1.54) is 6.20 Å². The van der Waals surface area contributed by atoms with Crippen molar-refractivity contribution in [1.82, 2.24) is 4.98 Å². The Bertz CT molecular complexity index is 534. The molecule has 2 N–H and O–H groups in total. The highest BCUT2D eigenvalue weighted by atomic mass is 79.9. The second kappa shape index (κ2) is 5.49. The van der Waals surface area contributed by atoms with Crippen LogP contribution in [-0.4, -0.2) is 4.98 Å². The summed E-state index contributed by atoms with van der Waals surface area (Å²) in [6, 6.07) is 9.26. The van der Waals surface area contributed by atoms with Gasteiger partial charge in [-0.2, -0.15) is 0 Å². The van der Waals surface area contributed by atoms with Crippen molar-refractivity contribution in [2.24, 2.45) is 5.73 Å². The highest BCUT2D eigenvalue weighted by Crippen LogP contribution is 2.25. The van der Waals surface area contributed by atoms with Crippen LogP contribution in [0, 0.1) is 0 Å². The molecule has 5 heteroatoms. The Balaban J connectivity index is 2.24. The molecule has 0 spiro atoms. The maximum absolute atomic E-state index is 5.92. The van der Waals surface area contributed by atoms with E-state index in [9.17, 15) is 0 Å². The van der Waals surface area contributed by atoms with E-state index >= 15 is 0 Å². The summed E-state index contributed by atoms with van der Waals surface area (Å²) >= 11 is 9.29. The fourth-order valence-electron chi connectivity index (χ4n) is 1.32. The number of benzene rings is 1. The largest absolute Gasteiger partial charge is 0.439 e. The van der Waals surface area contributed by atoms with Gasteiger partial charge in [0.1, 0.15) is 5.75 Å². The number of nitrogens with two attached hydrogens (primary N) is 1. The standard InChI is InChI=1S/C12H10BrClN2O/c13-9-2-1-3-10(5-9)17-12-4-8(6-15)11(14)7-16-12/h1-5,7H,6,15H2. The van der Waals surface area contributed by atoms with Gasteiger partial charge in [0.25, 0.3) is 0 Å². The fourth-order valence-corrected chi connectivity index (χ4v) is 1.88. The highest BCUT2D eigenvalue weighted by molar-refractivity contribution is 9.10. The Morgan fingerprint density at radius 2 is 2.18 bits per heavy atom. The van der Waals surface area contributed by atoms with Crippen LogP contribution < -0.4 is 10.5 Å². The molecule has 2 rings (SSSR count). The van der Waals surface area contributed by atoms with Gasteiger partial charge in [-0.25, -0.2) is 4.98 Å². The number of rotatable bonds is 3. The second-order valence-corrected chi connectivity index (χ2v) is 4.70. The average molecular weight is 314 g/mol. The first-order chi connectivity index (χ1) is 8.19. The van der Waals surface area contributed by atoms with Crippen LogP contribution in [0.5, 0.6) is 11.6 Å². The maximum Gasteiger partial charge on any atom is 0.219 e. The monoisotopic (exact) mass is 312 g/mol. The third-order valence-corrected chi connectivity index (χ3v) is 2.98. The zero-order valence-corrected chi connectivity index (χ0v) is 11.2. The zero-order valence-electron chi connectivity index (χ0n) is 8.86. The number of ether oxygens (including phenoxy) is 1. The Morgan fingerprint density at radius 3 is 2.88 bits per heavy atom. The van der Waals surface area contributed by atoms with Gasteiger partial charge in [0.2, 0.25) is 5.88 Å². The molecule has 3 nitrogen and oxygen atoms in total. The van der Waals surface area contributed by atoms with Crippen LogP contribution in [0.25, 0.3) is 0 Å². The molecule has 0 saturated heterocycles. The van der Waals surface area contributed by atoms with Crippen molar-refractivity contribution in [3.63, 3.8) is 0 Å². The highest BCUT2D eigenvalue weighted by Gasteiger charge is 2.04. The second-order valence-electron chi connectivity index (χ2n) is 3.38. The van der Waals surface area contributed by atoms with E-state index in [1.54, 1.807) is 6.07 Å². The summed E-state index contributed by atoms with van der Waals surface area (Å²) in [6.45, 7) is 0.357. The molecule has 1 heterocycles. The molecule has 0 aliphatic heterocycles. The number of aromatic nitrogens is 1. The van der Waals surface area contributed by atoms with Crippen molar-refractivity contribution in [1.29, 1.82) is 0 Å². The number of pyridine rings is 1. The Hall–Kier alpha value is -1.10. The first-order valence-corrected chi connectivity index (χ1v) is 6.14. The van der Waals surface area contributed by atoms with Gasteiger partial charge in [-0.15, -0.1) is 0 Å². The minimum Gasteiger partial charge on any atom is -0.439 e. The summed E-state index contributed by atoms with van der Waals surface area (Å²) in [6.07, 6.45) is 1.54. The van der Waals surface area contributed by atoms with Crippen molar-refractivity contribution >= 4 is 27.5 Å². The van der Waals surface area contributed by atoms with Crippen molar-refractivity contribution in [2.45, 2.75) is 6.54 Å². The van der Waals surface area contributed by atoms with E-state index in [0.29, 0.717) is 23.2 Å². The lowest BCUT2D eigenvalue weighted by Crippen LogP contribution is -1.99. The van der Waals surface area contributed by atoms with Crippen LogP contribution in [0.4, 0.5) is 0 Å². The lowest BCUT2D eigenvalue weighted by atomic mass is 10.2. The molecule has 88 valence electrons. The summed E-state index contributed by atoms with van der Waals surface area (Å²) in [5, 5.41) is 0.550. The Morgan fingerprint density at radius 1 is 1.35 bits per heavy atom. The van der Waals surface area contributed by atoms with Crippen LogP contribution in [0.2, 0.25) is 5.02 Å². The van der Waals surface area contributed by atoms with Gasteiger partial charge in [-0.3, -0.25) is 0 Å². The lowest BCUT2D eigenvalue weighted by Gasteiger charge is -2.07. The zero-order chi connectivity index (χ0) is 12.3. The molecule has 0 aliphatic rings. The summed E-state index contributed by atoms with van der Waals surface area (Å²) in [4.78, 5) is 4.09. The van der Waals surface area contributed by atoms with Crippen LogP contribution in [0.15, 0.2) is 41.0 Å². The van der Waals surface area contributed by atoms with Gasteiger partial charge in [0.05, 0.1) is 5.02 Å². The molecular formula is C12H10BrClN2O. The molecule has 0 unspecified atom stereocenters. The summed E-state index contributed by atoms with van der Waals surface area (Å²) in [7, 11) is 0. The van der Waals surface area contributed by atoms with E-state index in [0.717, 1.165) is 10.0 Å². The minimum atomic E-state index is 0.357. The molecule has 0 aliphatic carbocycles. The molecule has 0 saturated carbocycles. The molecule has 17 heavy (non-hydrogen) atoms. The van der Waals surface area contributed by atoms with Gasteiger partial charge < -0.3 is 10.5 Å². The molecule has 1 aromatic heterocycles.